The van der Waals surface area contributed by atoms with Gasteiger partial charge in [0.25, 0.3) is 0 Å². The van der Waals surface area contributed by atoms with Crippen LogP contribution in [0.5, 0.6) is 0 Å². The Kier molecular flexibility index (Phi) is 8.24. The summed E-state index contributed by atoms with van der Waals surface area (Å²) in [5.41, 5.74) is 1.16. The number of aryl methyl sites for hydroxylation is 1. The lowest BCUT2D eigenvalue weighted by molar-refractivity contribution is -0.168. The summed E-state index contributed by atoms with van der Waals surface area (Å²) in [6.07, 6.45) is 10.9. The summed E-state index contributed by atoms with van der Waals surface area (Å²) in [5, 5.41) is 3.20. The van der Waals surface area contributed by atoms with Gasteiger partial charge in [-0.05, 0) is 99.0 Å². The van der Waals surface area contributed by atoms with Gasteiger partial charge in [0.1, 0.15) is 11.6 Å². The molecule has 2 bridgehead atoms. The van der Waals surface area contributed by atoms with Crippen LogP contribution in [-0.2, 0) is 16.0 Å². The number of nitrogens with zero attached hydrogens (tertiary/aromatic N) is 2. The third-order valence-corrected chi connectivity index (χ3v) is 10.9. The topological polar surface area (TPSA) is 52.7 Å². The van der Waals surface area contributed by atoms with Gasteiger partial charge in [-0.3, -0.25) is 9.59 Å². The molecule has 0 radical (unpaired) electrons. The molecule has 5 nitrogen and oxygen atoms in total. The summed E-state index contributed by atoms with van der Waals surface area (Å²) < 4.78 is 0. The number of piperidine rings is 1. The predicted octanol–water partition coefficient (Wildman–Crippen LogP) is 5.68. The molecule has 3 saturated carbocycles. The Morgan fingerprint density at radius 3 is 2.39 bits per heavy atom. The van der Waals surface area contributed by atoms with Gasteiger partial charge >= 0.3 is 0 Å². The second kappa shape index (κ2) is 11.3. The predicted molar refractivity (Wildman–Crippen MR) is 154 cm³/mol. The highest BCUT2D eigenvalue weighted by molar-refractivity contribution is 6.00. The first-order valence-electron chi connectivity index (χ1n) is 15.6. The molecule has 210 valence electrons. The highest BCUT2D eigenvalue weighted by Gasteiger charge is 2.58. The van der Waals surface area contributed by atoms with Gasteiger partial charge in [-0.2, -0.15) is 0 Å². The van der Waals surface area contributed by atoms with Crippen LogP contribution in [0.4, 0.5) is 0 Å². The van der Waals surface area contributed by atoms with Crippen molar-refractivity contribution in [1.29, 1.82) is 0 Å². The molecule has 3 aliphatic carbocycles. The van der Waals surface area contributed by atoms with Crippen molar-refractivity contribution in [2.45, 2.75) is 103 Å². The summed E-state index contributed by atoms with van der Waals surface area (Å²) in [4.78, 5) is 32.4. The van der Waals surface area contributed by atoms with Crippen LogP contribution in [0.3, 0.4) is 0 Å². The van der Waals surface area contributed by atoms with Crippen molar-refractivity contribution in [1.82, 2.24) is 15.1 Å². The van der Waals surface area contributed by atoms with Gasteiger partial charge in [0.15, 0.2) is 0 Å². The normalized spacial score (nSPS) is 30.4. The maximum atomic E-state index is 14.0. The number of carbonyl (C=O) groups is 2. The molecule has 6 rings (SSSR count). The molecule has 0 aromatic heterocycles. The third-order valence-electron chi connectivity index (χ3n) is 10.9. The van der Waals surface area contributed by atoms with E-state index in [1.807, 2.05) is 0 Å². The molecule has 2 heterocycles. The maximum Gasteiger partial charge on any atom is 0.246 e. The number of likely N-dealkylation sites (tertiary alicyclic amines) is 1. The second-order valence-corrected chi connectivity index (χ2v) is 14.0. The number of benzene rings is 1. The lowest BCUT2D eigenvalue weighted by Crippen LogP contribution is -2.74. The zero-order chi connectivity index (χ0) is 26.9. The maximum absolute atomic E-state index is 14.0. The number of hydrogen-bond donors (Lipinski definition) is 1. The largest absolute Gasteiger partial charge is 0.342 e. The van der Waals surface area contributed by atoms with Gasteiger partial charge in [0.05, 0.1) is 0 Å². The van der Waals surface area contributed by atoms with Gasteiger partial charge < -0.3 is 15.1 Å². The van der Waals surface area contributed by atoms with Crippen molar-refractivity contribution < 1.29 is 9.59 Å². The Labute approximate surface area is 231 Å². The molecule has 1 aromatic carbocycles. The number of rotatable bonds is 10. The number of carbonyl (C=O) groups excluding carboxylic acids is 2. The highest BCUT2D eigenvalue weighted by Crippen LogP contribution is 2.61. The van der Waals surface area contributed by atoms with Crippen LogP contribution in [0, 0.1) is 29.1 Å². The van der Waals surface area contributed by atoms with Gasteiger partial charge in [-0.1, -0.05) is 64.4 Å². The van der Waals surface area contributed by atoms with Gasteiger partial charge in [-0.25, -0.2) is 0 Å². The average molecular weight is 522 g/mol. The summed E-state index contributed by atoms with van der Waals surface area (Å²) >= 11 is 0. The van der Waals surface area contributed by atoms with Crippen molar-refractivity contribution >= 4 is 11.8 Å². The molecular weight excluding hydrogens is 470 g/mol. The summed E-state index contributed by atoms with van der Waals surface area (Å²) in [6.45, 7) is 12.8. The fourth-order valence-electron chi connectivity index (χ4n) is 8.32. The molecule has 1 N–H and O–H groups in total. The molecule has 0 unspecified atom stereocenters. The summed E-state index contributed by atoms with van der Waals surface area (Å²) in [6, 6.07) is 10.4. The SMILES string of the molecule is CC(C)C[C@@H]1NC(=O)C2(CCN(CCCCCc3ccccc3)CC2)N(C[C@H]2CC[C@H]3C[C@H]2C3(C)C)C1=O. The van der Waals surface area contributed by atoms with E-state index in [0.717, 1.165) is 57.8 Å². The monoisotopic (exact) mass is 521 g/mol. The van der Waals surface area contributed by atoms with Gasteiger partial charge in [-0.15, -0.1) is 0 Å². The van der Waals surface area contributed by atoms with Crippen LogP contribution in [0.25, 0.3) is 0 Å². The van der Waals surface area contributed by atoms with Crippen molar-refractivity contribution in [3.05, 3.63) is 35.9 Å². The number of hydrogen-bond acceptors (Lipinski definition) is 3. The molecular formula is C33H51N3O2. The smallest absolute Gasteiger partial charge is 0.246 e. The zero-order valence-corrected chi connectivity index (χ0v) is 24.4. The molecule has 38 heavy (non-hydrogen) atoms. The summed E-state index contributed by atoms with van der Waals surface area (Å²) in [7, 11) is 0. The zero-order valence-electron chi connectivity index (χ0n) is 24.4. The van der Waals surface area contributed by atoms with E-state index in [4.69, 9.17) is 0 Å². The fourth-order valence-corrected chi connectivity index (χ4v) is 8.32. The van der Waals surface area contributed by atoms with Crippen molar-refractivity contribution in [2.24, 2.45) is 29.1 Å². The van der Waals surface area contributed by atoms with Gasteiger partial charge in [0.2, 0.25) is 11.8 Å². The van der Waals surface area contributed by atoms with Crippen LogP contribution < -0.4 is 5.32 Å². The first-order valence-corrected chi connectivity index (χ1v) is 15.6. The lowest BCUT2D eigenvalue weighted by Gasteiger charge is -2.62. The highest BCUT2D eigenvalue weighted by atomic mass is 16.2. The second-order valence-electron chi connectivity index (χ2n) is 14.0. The number of nitrogens with one attached hydrogen (secondary N) is 1. The van der Waals surface area contributed by atoms with Crippen LogP contribution in [-0.4, -0.2) is 59.4 Å². The Hall–Kier alpha value is -1.88. The fraction of sp³-hybridized carbons (Fsp3) is 0.758. The Balaban J connectivity index is 1.20. The summed E-state index contributed by atoms with van der Waals surface area (Å²) in [5.74, 6) is 2.76. The minimum absolute atomic E-state index is 0.117. The van der Waals surface area contributed by atoms with Crippen LogP contribution in [0.15, 0.2) is 30.3 Å². The average Bonchev–Trinajstić information content (AvgIpc) is 2.91. The van der Waals surface area contributed by atoms with Crippen molar-refractivity contribution in [3.8, 4) is 0 Å². The van der Waals surface area contributed by atoms with Crippen molar-refractivity contribution in [2.75, 3.05) is 26.2 Å². The van der Waals surface area contributed by atoms with Crippen molar-refractivity contribution in [3.63, 3.8) is 0 Å². The quantitative estimate of drug-likeness (QED) is 0.403. The van der Waals surface area contributed by atoms with E-state index in [-0.39, 0.29) is 17.9 Å². The Morgan fingerprint density at radius 1 is 1.00 bits per heavy atom. The van der Waals surface area contributed by atoms with E-state index < -0.39 is 5.54 Å². The van der Waals surface area contributed by atoms with Gasteiger partial charge in [0, 0.05) is 19.6 Å². The number of amides is 2. The van der Waals surface area contributed by atoms with E-state index >= 15 is 0 Å². The molecule has 1 aromatic rings. The molecule has 5 fully saturated rings. The number of unbranched alkanes of at least 4 members (excludes halogenated alkanes) is 2. The van der Waals surface area contributed by atoms with Crippen LogP contribution in [0.2, 0.25) is 0 Å². The minimum atomic E-state index is -0.654. The molecule has 5 aliphatic rings. The number of fused-ring (bicyclic) bond motifs is 2. The van der Waals surface area contributed by atoms with E-state index in [9.17, 15) is 9.59 Å². The van der Waals surface area contributed by atoms with E-state index in [0.29, 0.717) is 23.2 Å². The minimum Gasteiger partial charge on any atom is -0.342 e. The third kappa shape index (κ3) is 5.42. The molecule has 5 heteroatoms. The number of piperazine rings is 1. The Bertz CT molecular complexity index is 964. The first kappa shape index (κ1) is 27.7. The molecule has 2 aliphatic heterocycles. The van der Waals surface area contributed by atoms with E-state index in [1.165, 1.54) is 44.1 Å². The Morgan fingerprint density at radius 2 is 1.74 bits per heavy atom. The molecule has 2 saturated heterocycles. The lowest BCUT2D eigenvalue weighted by atomic mass is 9.45. The molecule has 4 atom stereocenters. The molecule has 2 amide bonds. The van der Waals surface area contributed by atoms with Crippen LogP contribution in [0.1, 0.15) is 91.0 Å². The first-order chi connectivity index (χ1) is 18.2. The molecule has 1 spiro atoms. The standard InChI is InChI=1S/C33H51N3O2/c1-24(2)21-29-30(37)36(23-26-14-15-27-22-28(26)32(27,3)4)33(31(38)34-29)16-19-35(20-17-33)18-10-6-9-13-25-11-7-5-8-12-25/h5,7-8,11-12,24,26-29H,6,9-10,13-23H2,1-4H3,(H,34,38)/t26-,27+,28-,29+/m1/s1. The van der Waals surface area contributed by atoms with E-state index in [1.54, 1.807) is 0 Å². The van der Waals surface area contributed by atoms with E-state index in [2.05, 4.69) is 73.1 Å². The van der Waals surface area contributed by atoms with Crippen LogP contribution >= 0.6 is 0 Å².